The third-order valence-corrected chi connectivity index (χ3v) is 3.93. The van der Waals surface area contributed by atoms with Gasteiger partial charge in [-0.15, -0.1) is 0 Å². The summed E-state index contributed by atoms with van der Waals surface area (Å²) in [5.41, 5.74) is 10.5. The molecule has 2 heterocycles. The molecule has 0 radical (unpaired) electrons. The number of aromatic nitrogens is 3. The van der Waals surface area contributed by atoms with E-state index < -0.39 is 0 Å². The van der Waals surface area contributed by atoms with E-state index in [2.05, 4.69) is 28.4 Å². The number of hydrogen-bond acceptors (Lipinski definition) is 3. The molecule has 0 bridgehead atoms. The predicted octanol–water partition coefficient (Wildman–Crippen LogP) is 3.87. The normalized spacial score (nSPS) is 10.2. The minimum absolute atomic E-state index is 0.375. The van der Waals surface area contributed by atoms with Crippen molar-refractivity contribution in [3.8, 4) is 17.5 Å². The quantitative estimate of drug-likeness (QED) is 0.715. The van der Waals surface area contributed by atoms with Crippen LogP contribution in [0.15, 0.2) is 49.2 Å². The Morgan fingerprint density at radius 2 is 2.00 bits per heavy atom. The molecule has 2 N–H and O–H groups in total. The van der Waals surface area contributed by atoms with Crippen LogP contribution in [-0.4, -0.2) is 14.5 Å². The Bertz CT molecular complexity index is 1000. The SMILES string of the molecule is C=C(N)c1nc(C#Cc2cccc(Cl)c2)c(C)n1-c1ccc(C)nc1. The number of nitrogens with two attached hydrogens (primary N) is 1. The molecule has 0 spiro atoms. The highest BCUT2D eigenvalue weighted by atomic mass is 35.5. The fraction of sp³-hybridized carbons (Fsp3) is 0.100. The van der Waals surface area contributed by atoms with Gasteiger partial charge in [-0.3, -0.25) is 9.55 Å². The van der Waals surface area contributed by atoms with Gasteiger partial charge in [-0.25, -0.2) is 4.98 Å². The van der Waals surface area contributed by atoms with Crippen molar-refractivity contribution in [2.24, 2.45) is 5.73 Å². The second-order valence-corrected chi connectivity index (χ2v) is 6.08. The highest BCUT2D eigenvalue weighted by Gasteiger charge is 2.15. The summed E-state index contributed by atoms with van der Waals surface area (Å²) in [5.74, 6) is 6.75. The van der Waals surface area contributed by atoms with Gasteiger partial charge in [0.15, 0.2) is 5.82 Å². The number of nitrogens with zero attached hydrogens (tertiary/aromatic N) is 3. The molecule has 0 saturated heterocycles. The van der Waals surface area contributed by atoms with Crippen LogP contribution in [0.1, 0.15) is 28.5 Å². The van der Waals surface area contributed by atoms with Gasteiger partial charge >= 0.3 is 0 Å². The van der Waals surface area contributed by atoms with E-state index in [0.717, 1.165) is 22.6 Å². The van der Waals surface area contributed by atoms with Gasteiger partial charge in [-0.1, -0.05) is 30.2 Å². The molecule has 0 atom stereocenters. The zero-order valence-corrected chi connectivity index (χ0v) is 14.8. The molecule has 0 aliphatic carbocycles. The van der Waals surface area contributed by atoms with Crippen molar-refractivity contribution < 1.29 is 0 Å². The van der Waals surface area contributed by atoms with Gasteiger partial charge in [-0.2, -0.15) is 0 Å². The minimum Gasteiger partial charge on any atom is -0.396 e. The molecule has 0 amide bonds. The summed E-state index contributed by atoms with van der Waals surface area (Å²) in [5, 5.41) is 0.649. The zero-order chi connectivity index (χ0) is 18.0. The standard InChI is InChI=1S/C20H17ClN4/c1-13-7-9-18(12-23-13)25-15(3)19(24-20(25)14(2)22)10-8-16-5-4-6-17(21)11-16/h4-7,9,11-12H,2,22H2,1,3H3. The monoisotopic (exact) mass is 348 g/mol. The van der Waals surface area contributed by atoms with Gasteiger partial charge in [0.2, 0.25) is 0 Å². The second kappa shape index (κ2) is 6.84. The Kier molecular flexibility index (Phi) is 4.60. The summed E-state index contributed by atoms with van der Waals surface area (Å²) < 4.78 is 1.91. The first-order valence-electron chi connectivity index (χ1n) is 7.70. The molecule has 25 heavy (non-hydrogen) atoms. The molecule has 0 aliphatic rings. The van der Waals surface area contributed by atoms with E-state index in [1.54, 1.807) is 6.20 Å². The lowest BCUT2D eigenvalue weighted by atomic mass is 10.2. The number of rotatable bonds is 2. The molecule has 0 saturated carbocycles. The third-order valence-electron chi connectivity index (χ3n) is 3.70. The number of benzene rings is 1. The van der Waals surface area contributed by atoms with Gasteiger partial charge in [0, 0.05) is 16.3 Å². The Labute approximate surface area is 152 Å². The fourth-order valence-electron chi connectivity index (χ4n) is 2.44. The van der Waals surface area contributed by atoms with Crippen molar-refractivity contribution in [1.29, 1.82) is 0 Å². The zero-order valence-electron chi connectivity index (χ0n) is 14.0. The van der Waals surface area contributed by atoms with E-state index in [0.29, 0.717) is 22.2 Å². The van der Waals surface area contributed by atoms with Crippen molar-refractivity contribution in [3.63, 3.8) is 0 Å². The predicted molar refractivity (Wildman–Crippen MR) is 101 cm³/mol. The van der Waals surface area contributed by atoms with Crippen LogP contribution in [0.25, 0.3) is 11.4 Å². The van der Waals surface area contributed by atoms with Crippen LogP contribution in [0.4, 0.5) is 0 Å². The summed E-state index contributed by atoms with van der Waals surface area (Å²) >= 11 is 6.00. The molecule has 3 aromatic rings. The maximum atomic E-state index is 6.00. The van der Waals surface area contributed by atoms with Gasteiger partial charge in [0.25, 0.3) is 0 Å². The summed E-state index contributed by atoms with van der Waals surface area (Å²) in [4.78, 5) is 8.89. The van der Waals surface area contributed by atoms with E-state index >= 15 is 0 Å². The van der Waals surface area contributed by atoms with Crippen LogP contribution in [0.2, 0.25) is 5.02 Å². The van der Waals surface area contributed by atoms with Gasteiger partial charge in [0.1, 0.15) is 5.69 Å². The smallest absolute Gasteiger partial charge is 0.161 e. The van der Waals surface area contributed by atoms with Gasteiger partial charge in [0.05, 0.1) is 23.3 Å². The van der Waals surface area contributed by atoms with Crippen molar-refractivity contribution in [3.05, 3.63) is 82.7 Å². The van der Waals surface area contributed by atoms with E-state index in [1.165, 1.54) is 0 Å². The van der Waals surface area contributed by atoms with Crippen LogP contribution < -0.4 is 5.73 Å². The molecular formula is C20H17ClN4. The number of imidazole rings is 1. The van der Waals surface area contributed by atoms with Crippen LogP contribution in [0.3, 0.4) is 0 Å². The Morgan fingerprint density at radius 1 is 1.20 bits per heavy atom. The number of hydrogen-bond donors (Lipinski definition) is 1. The second-order valence-electron chi connectivity index (χ2n) is 5.65. The average molecular weight is 349 g/mol. The first kappa shape index (κ1) is 16.8. The Balaban J connectivity index is 2.10. The van der Waals surface area contributed by atoms with Crippen LogP contribution in [-0.2, 0) is 0 Å². The number of pyridine rings is 1. The highest BCUT2D eigenvalue weighted by Crippen LogP contribution is 2.20. The topological polar surface area (TPSA) is 56.7 Å². The Hall–Kier alpha value is -3.03. The lowest BCUT2D eigenvalue weighted by Crippen LogP contribution is -2.06. The van der Waals surface area contributed by atoms with E-state index in [4.69, 9.17) is 17.3 Å². The molecule has 5 heteroatoms. The van der Waals surface area contributed by atoms with Crippen LogP contribution in [0, 0.1) is 25.7 Å². The lowest BCUT2D eigenvalue weighted by Gasteiger charge is -2.09. The van der Waals surface area contributed by atoms with Gasteiger partial charge < -0.3 is 5.73 Å². The van der Waals surface area contributed by atoms with Crippen LogP contribution >= 0.6 is 11.6 Å². The summed E-state index contributed by atoms with van der Waals surface area (Å²) in [6.07, 6.45) is 1.78. The first-order valence-corrected chi connectivity index (χ1v) is 8.08. The van der Waals surface area contributed by atoms with E-state index in [9.17, 15) is 0 Å². The van der Waals surface area contributed by atoms with Crippen LogP contribution in [0.5, 0.6) is 0 Å². The maximum Gasteiger partial charge on any atom is 0.161 e. The number of halogens is 1. The third kappa shape index (κ3) is 3.57. The van der Waals surface area contributed by atoms with Gasteiger partial charge in [-0.05, 0) is 50.1 Å². The molecule has 0 fully saturated rings. The largest absolute Gasteiger partial charge is 0.396 e. The molecular weight excluding hydrogens is 332 g/mol. The lowest BCUT2D eigenvalue weighted by molar-refractivity contribution is 0.959. The molecule has 0 unspecified atom stereocenters. The average Bonchev–Trinajstić information content (AvgIpc) is 2.91. The van der Waals surface area contributed by atoms with E-state index in [1.807, 2.05) is 54.8 Å². The molecule has 0 aliphatic heterocycles. The summed E-state index contributed by atoms with van der Waals surface area (Å²) in [6.45, 7) is 7.71. The summed E-state index contributed by atoms with van der Waals surface area (Å²) in [7, 11) is 0. The Morgan fingerprint density at radius 3 is 2.64 bits per heavy atom. The highest BCUT2D eigenvalue weighted by molar-refractivity contribution is 6.30. The van der Waals surface area contributed by atoms with Crippen molar-refractivity contribution in [1.82, 2.24) is 14.5 Å². The van der Waals surface area contributed by atoms with Crippen molar-refractivity contribution in [2.45, 2.75) is 13.8 Å². The van der Waals surface area contributed by atoms with Crippen molar-refractivity contribution in [2.75, 3.05) is 0 Å². The minimum atomic E-state index is 0.375. The maximum absolute atomic E-state index is 6.00. The first-order chi connectivity index (χ1) is 12.0. The molecule has 3 rings (SSSR count). The fourth-order valence-corrected chi connectivity index (χ4v) is 2.63. The molecule has 1 aromatic carbocycles. The number of aryl methyl sites for hydroxylation is 1. The molecule has 2 aromatic heterocycles. The summed E-state index contributed by atoms with van der Waals surface area (Å²) in [6, 6.07) is 11.3. The van der Waals surface area contributed by atoms with Crippen molar-refractivity contribution >= 4 is 17.3 Å². The van der Waals surface area contributed by atoms with E-state index in [-0.39, 0.29) is 0 Å². The molecule has 124 valence electrons. The molecule has 4 nitrogen and oxygen atoms in total.